The van der Waals surface area contributed by atoms with Gasteiger partial charge >= 0.3 is 5.97 Å². The van der Waals surface area contributed by atoms with Crippen LogP contribution in [0.1, 0.15) is 18.6 Å². The Balaban J connectivity index is 2.50. The molecule has 0 amide bonds. The van der Waals surface area contributed by atoms with E-state index in [-0.39, 0.29) is 18.7 Å². The summed E-state index contributed by atoms with van der Waals surface area (Å²) in [5.41, 5.74) is 0.983. The van der Waals surface area contributed by atoms with Crippen LogP contribution >= 0.6 is 0 Å². The molecule has 0 unspecified atom stereocenters. The monoisotopic (exact) mass is 194 g/mol. The van der Waals surface area contributed by atoms with Crippen LogP contribution in [-0.4, -0.2) is 19.7 Å². The van der Waals surface area contributed by atoms with Crippen LogP contribution in [0, 0.1) is 0 Å². The predicted octanol–water partition coefficient (Wildman–Crippen LogP) is 1.94. The van der Waals surface area contributed by atoms with Crippen molar-refractivity contribution < 1.29 is 14.3 Å². The van der Waals surface area contributed by atoms with Crippen LogP contribution in [0.2, 0.25) is 0 Å². The Labute approximate surface area is 83.6 Å². The smallest absolute Gasteiger partial charge is 0.332 e. The largest absolute Gasteiger partial charge is 0.456 e. The normalized spacial score (nSPS) is 12.1. The maximum Gasteiger partial charge on any atom is 0.332 e. The lowest BCUT2D eigenvalue weighted by atomic mass is 10.1. The molecule has 0 fully saturated rings. The molecule has 0 radical (unpaired) electrons. The van der Waals surface area contributed by atoms with Gasteiger partial charge in [0.2, 0.25) is 0 Å². The molecule has 0 spiro atoms. The van der Waals surface area contributed by atoms with Crippen LogP contribution in [0.3, 0.4) is 0 Å². The zero-order valence-electron chi connectivity index (χ0n) is 8.40. The predicted molar refractivity (Wildman–Crippen MR) is 52.8 cm³/mol. The third-order valence-electron chi connectivity index (χ3n) is 1.84. The average molecular weight is 194 g/mol. The van der Waals surface area contributed by atoms with Gasteiger partial charge in [-0.05, 0) is 12.5 Å². The second-order valence-electron chi connectivity index (χ2n) is 2.98. The molecule has 0 aliphatic rings. The van der Waals surface area contributed by atoms with Gasteiger partial charge in [-0.3, -0.25) is 0 Å². The fourth-order valence-electron chi connectivity index (χ4n) is 1.14. The maximum atomic E-state index is 11.1. The third kappa shape index (κ3) is 3.18. The third-order valence-corrected chi connectivity index (χ3v) is 1.84. The molecule has 0 heterocycles. The summed E-state index contributed by atoms with van der Waals surface area (Å²) in [7, 11) is 1.47. The van der Waals surface area contributed by atoms with E-state index in [0.29, 0.717) is 0 Å². The number of esters is 1. The molecular formula is C11H14O3. The highest BCUT2D eigenvalue weighted by molar-refractivity contribution is 5.71. The van der Waals surface area contributed by atoms with Crippen molar-refractivity contribution in [2.24, 2.45) is 0 Å². The zero-order valence-corrected chi connectivity index (χ0v) is 8.40. The first-order chi connectivity index (χ1) is 6.74. The number of benzene rings is 1. The Morgan fingerprint density at radius 3 is 2.57 bits per heavy atom. The Bertz CT molecular complexity index is 282. The minimum Gasteiger partial charge on any atom is -0.456 e. The molecule has 1 atom stereocenters. The van der Waals surface area contributed by atoms with Gasteiger partial charge in [0.25, 0.3) is 0 Å². The van der Waals surface area contributed by atoms with Crippen molar-refractivity contribution in [3.05, 3.63) is 35.9 Å². The first-order valence-electron chi connectivity index (χ1n) is 4.47. The first kappa shape index (κ1) is 10.7. The van der Waals surface area contributed by atoms with Gasteiger partial charge in [-0.25, -0.2) is 4.79 Å². The molecular weight excluding hydrogens is 180 g/mol. The number of methoxy groups -OCH3 is 1. The molecule has 0 N–H and O–H groups in total. The van der Waals surface area contributed by atoms with E-state index in [1.165, 1.54) is 7.11 Å². The molecule has 3 heteroatoms. The quantitative estimate of drug-likeness (QED) is 0.687. The molecule has 1 aromatic carbocycles. The molecule has 14 heavy (non-hydrogen) atoms. The highest BCUT2D eigenvalue weighted by Crippen LogP contribution is 2.15. The molecule has 0 bridgehead atoms. The number of carbonyl (C=O) groups is 1. The van der Waals surface area contributed by atoms with Crippen molar-refractivity contribution in [2.75, 3.05) is 13.7 Å². The molecule has 0 aliphatic heterocycles. The number of ether oxygens (including phenoxy) is 2. The molecule has 76 valence electrons. The number of rotatable bonds is 4. The fraction of sp³-hybridized carbons (Fsp3) is 0.364. The topological polar surface area (TPSA) is 35.5 Å². The Morgan fingerprint density at radius 2 is 2.00 bits per heavy atom. The van der Waals surface area contributed by atoms with E-state index in [2.05, 4.69) is 4.74 Å². The van der Waals surface area contributed by atoms with Crippen molar-refractivity contribution in [1.29, 1.82) is 0 Å². The van der Waals surface area contributed by atoms with Crippen LogP contribution in [0.4, 0.5) is 0 Å². The Morgan fingerprint density at radius 1 is 1.36 bits per heavy atom. The Kier molecular flexibility index (Phi) is 4.13. The van der Waals surface area contributed by atoms with Crippen LogP contribution in [0.15, 0.2) is 30.3 Å². The van der Waals surface area contributed by atoms with Crippen LogP contribution < -0.4 is 0 Å². The van der Waals surface area contributed by atoms with Crippen molar-refractivity contribution in [2.45, 2.75) is 13.0 Å². The van der Waals surface area contributed by atoms with Crippen molar-refractivity contribution in [1.82, 2.24) is 0 Å². The molecule has 1 rings (SSSR count). The maximum absolute atomic E-state index is 11.1. The molecule has 3 nitrogen and oxygen atoms in total. The van der Waals surface area contributed by atoms with Gasteiger partial charge in [-0.2, -0.15) is 0 Å². The van der Waals surface area contributed by atoms with Gasteiger partial charge in [0, 0.05) is 7.11 Å². The number of carbonyl (C=O) groups excluding carboxylic acids is 1. The minimum absolute atomic E-state index is 0.00280. The summed E-state index contributed by atoms with van der Waals surface area (Å²) in [6, 6.07) is 9.59. The SMILES string of the molecule is COCC(=O)O[C@@H](C)c1ccccc1. The molecule has 0 aromatic heterocycles. The summed E-state index contributed by atoms with van der Waals surface area (Å²) in [6.07, 6.45) is -0.223. The molecule has 0 aliphatic carbocycles. The summed E-state index contributed by atoms with van der Waals surface area (Å²) in [6.45, 7) is 1.83. The summed E-state index contributed by atoms with van der Waals surface area (Å²) in [4.78, 5) is 11.1. The van der Waals surface area contributed by atoms with Gasteiger partial charge in [0.1, 0.15) is 12.7 Å². The lowest BCUT2D eigenvalue weighted by Crippen LogP contribution is -2.13. The lowest BCUT2D eigenvalue weighted by molar-refractivity contribution is -0.152. The van der Waals surface area contributed by atoms with Crippen molar-refractivity contribution in [3.63, 3.8) is 0 Å². The van der Waals surface area contributed by atoms with Gasteiger partial charge < -0.3 is 9.47 Å². The van der Waals surface area contributed by atoms with E-state index in [9.17, 15) is 4.79 Å². The highest BCUT2D eigenvalue weighted by Gasteiger charge is 2.10. The van der Waals surface area contributed by atoms with Crippen LogP contribution in [0.5, 0.6) is 0 Å². The van der Waals surface area contributed by atoms with E-state index in [4.69, 9.17) is 4.74 Å². The van der Waals surface area contributed by atoms with E-state index < -0.39 is 0 Å². The molecule has 1 aromatic rings. The Hall–Kier alpha value is -1.35. The van der Waals surface area contributed by atoms with E-state index in [1.807, 2.05) is 37.3 Å². The second-order valence-corrected chi connectivity index (χ2v) is 2.98. The second kappa shape index (κ2) is 5.40. The first-order valence-corrected chi connectivity index (χ1v) is 4.47. The summed E-state index contributed by atoms with van der Waals surface area (Å²) < 4.78 is 9.78. The summed E-state index contributed by atoms with van der Waals surface area (Å²) >= 11 is 0. The standard InChI is InChI=1S/C11H14O3/c1-9(14-11(12)8-13-2)10-6-4-3-5-7-10/h3-7,9H,8H2,1-2H3/t9-/m0/s1. The fourth-order valence-corrected chi connectivity index (χ4v) is 1.14. The van der Waals surface area contributed by atoms with Gasteiger partial charge in [-0.1, -0.05) is 30.3 Å². The van der Waals surface area contributed by atoms with Gasteiger partial charge in [-0.15, -0.1) is 0 Å². The lowest BCUT2D eigenvalue weighted by Gasteiger charge is -2.12. The number of hydrogen-bond donors (Lipinski definition) is 0. The van der Waals surface area contributed by atoms with Gasteiger partial charge in [0.15, 0.2) is 0 Å². The van der Waals surface area contributed by atoms with Crippen molar-refractivity contribution >= 4 is 5.97 Å². The molecule has 0 saturated carbocycles. The average Bonchev–Trinajstić information content (AvgIpc) is 2.19. The van der Waals surface area contributed by atoms with Crippen LogP contribution in [0.25, 0.3) is 0 Å². The van der Waals surface area contributed by atoms with E-state index >= 15 is 0 Å². The van der Waals surface area contributed by atoms with Crippen molar-refractivity contribution in [3.8, 4) is 0 Å². The minimum atomic E-state index is -0.344. The molecule has 0 saturated heterocycles. The summed E-state index contributed by atoms with van der Waals surface area (Å²) in [5.74, 6) is -0.344. The summed E-state index contributed by atoms with van der Waals surface area (Å²) in [5, 5.41) is 0. The van der Waals surface area contributed by atoms with E-state index in [0.717, 1.165) is 5.56 Å². The van der Waals surface area contributed by atoms with Gasteiger partial charge in [0.05, 0.1) is 0 Å². The number of hydrogen-bond acceptors (Lipinski definition) is 3. The highest BCUT2D eigenvalue weighted by atomic mass is 16.6. The van der Waals surface area contributed by atoms with E-state index in [1.54, 1.807) is 0 Å². The zero-order chi connectivity index (χ0) is 10.4. The van der Waals surface area contributed by atoms with Crippen LogP contribution in [-0.2, 0) is 14.3 Å².